The molecule has 0 radical (unpaired) electrons. The number of aryl methyl sites for hydroxylation is 1. The average Bonchev–Trinajstić information content (AvgIpc) is 3.03. The maximum absolute atomic E-state index is 14.6. The summed E-state index contributed by atoms with van der Waals surface area (Å²) in [5.74, 6) is -0.445. The summed E-state index contributed by atoms with van der Waals surface area (Å²) >= 11 is 12.7. The van der Waals surface area contributed by atoms with Gasteiger partial charge in [0.1, 0.15) is 18.3 Å². The fraction of sp³-hybridized carbons (Fsp3) is 0.278. The number of hydrogen-bond donors (Lipinski definition) is 1. The number of carbonyl (C=O) groups is 2. The lowest BCUT2D eigenvalue weighted by Crippen LogP contribution is -2.54. The van der Waals surface area contributed by atoms with E-state index in [2.05, 4.69) is 5.32 Å². The first-order valence-electron chi connectivity index (χ1n) is 15.3. The van der Waals surface area contributed by atoms with E-state index in [9.17, 15) is 18.0 Å². The second kappa shape index (κ2) is 16.2. The third-order valence-corrected chi connectivity index (χ3v) is 9.76. The van der Waals surface area contributed by atoms with Crippen molar-refractivity contribution in [2.45, 2.75) is 57.6 Å². The van der Waals surface area contributed by atoms with E-state index in [0.717, 1.165) is 15.4 Å². The van der Waals surface area contributed by atoms with Crippen molar-refractivity contribution in [3.63, 3.8) is 0 Å². The first-order valence-corrected chi connectivity index (χ1v) is 17.5. The minimum Gasteiger partial charge on any atom is -0.494 e. The van der Waals surface area contributed by atoms with E-state index in [1.54, 1.807) is 54.6 Å². The van der Waals surface area contributed by atoms with Gasteiger partial charge in [0.25, 0.3) is 10.0 Å². The van der Waals surface area contributed by atoms with E-state index < -0.39 is 28.5 Å². The van der Waals surface area contributed by atoms with Crippen LogP contribution in [0.1, 0.15) is 37.5 Å². The van der Waals surface area contributed by atoms with Crippen LogP contribution in [-0.4, -0.2) is 50.4 Å². The third kappa shape index (κ3) is 9.50. The zero-order valence-corrected chi connectivity index (χ0v) is 29.1. The first-order chi connectivity index (χ1) is 22.4. The lowest BCUT2D eigenvalue weighted by Gasteiger charge is -2.34. The molecule has 1 N–H and O–H groups in total. The molecule has 0 saturated carbocycles. The van der Waals surface area contributed by atoms with Crippen LogP contribution in [0.5, 0.6) is 5.75 Å². The number of halogens is 2. The molecule has 0 aliphatic carbocycles. The molecule has 0 fully saturated rings. The predicted molar refractivity (Wildman–Crippen MR) is 188 cm³/mol. The van der Waals surface area contributed by atoms with Crippen LogP contribution in [0.2, 0.25) is 10.0 Å². The number of anilines is 1. The van der Waals surface area contributed by atoms with Crippen molar-refractivity contribution in [3.05, 3.63) is 124 Å². The molecule has 47 heavy (non-hydrogen) atoms. The highest BCUT2D eigenvalue weighted by Gasteiger charge is 2.35. The van der Waals surface area contributed by atoms with Gasteiger partial charge in [-0.05, 0) is 87.4 Å². The summed E-state index contributed by atoms with van der Waals surface area (Å²) in [7, 11) is -4.25. The molecule has 0 spiro atoms. The Morgan fingerprint density at radius 1 is 0.894 bits per heavy atom. The van der Waals surface area contributed by atoms with Crippen molar-refractivity contribution in [2.24, 2.45) is 0 Å². The highest BCUT2D eigenvalue weighted by atomic mass is 35.5. The summed E-state index contributed by atoms with van der Waals surface area (Å²) in [6.45, 7) is 7.18. The second-order valence-corrected chi connectivity index (χ2v) is 14.1. The van der Waals surface area contributed by atoms with Gasteiger partial charge in [-0.1, -0.05) is 77.3 Å². The molecule has 4 aromatic carbocycles. The van der Waals surface area contributed by atoms with Crippen molar-refractivity contribution in [1.29, 1.82) is 0 Å². The molecule has 0 saturated heterocycles. The Morgan fingerprint density at radius 2 is 1.55 bits per heavy atom. The van der Waals surface area contributed by atoms with E-state index >= 15 is 0 Å². The number of benzene rings is 4. The summed E-state index contributed by atoms with van der Waals surface area (Å²) in [5, 5.41) is 3.67. The van der Waals surface area contributed by atoms with Gasteiger partial charge in [-0.3, -0.25) is 13.9 Å². The van der Waals surface area contributed by atoms with Gasteiger partial charge >= 0.3 is 0 Å². The normalized spacial score (nSPS) is 12.0. The van der Waals surface area contributed by atoms with Gasteiger partial charge in [-0.15, -0.1) is 0 Å². The standard InChI is InChI=1S/C36H39Cl2N3O5S/c1-5-46-31-17-19-32(20-18-31)47(44,45)41(30-15-11-26(4)12-16-30)24-35(42)40(23-28-13-14-29(37)22-33(28)38)34(36(43)39-25(2)3)21-27-9-7-6-8-10-27/h6-20,22,25,34H,5,21,23-24H2,1-4H3,(H,39,43)/t34-/m0/s1. The van der Waals surface area contributed by atoms with Crippen LogP contribution in [0.15, 0.2) is 102 Å². The van der Waals surface area contributed by atoms with E-state index in [1.807, 2.05) is 58.0 Å². The Hall–Kier alpha value is -4.05. The minimum absolute atomic E-state index is 0.0139. The molecule has 0 aliphatic rings. The lowest BCUT2D eigenvalue weighted by molar-refractivity contribution is -0.140. The van der Waals surface area contributed by atoms with Gasteiger partial charge in [0.15, 0.2) is 0 Å². The largest absolute Gasteiger partial charge is 0.494 e. The van der Waals surface area contributed by atoms with Crippen LogP contribution in [0.25, 0.3) is 0 Å². The van der Waals surface area contributed by atoms with E-state index in [4.69, 9.17) is 27.9 Å². The number of nitrogens with zero attached hydrogens (tertiary/aromatic N) is 2. The highest BCUT2D eigenvalue weighted by Crippen LogP contribution is 2.28. The van der Waals surface area contributed by atoms with Gasteiger partial charge in [-0.25, -0.2) is 8.42 Å². The summed E-state index contributed by atoms with van der Waals surface area (Å²) in [6, 6.07) is 26.0. The van der Waals surface area contributed by atoms with Crippen LogP contribution in [0.3, 0.4) is 0 Å². The monoisotopic (exact) mass is 695 g/mol. The first kappa shape index (κ1) is 35.8. The molecule has 11 heteroatoms. The molecule has 4 rings (SSSR count). The smallest absolute Gasteiger partial charge is 0.264 e. The van der Waals surface area contributed by atoms with Gasteiger partial charge in [0.2, 0.25) is 11.8 Å². The van der Waals surface area contributed by atoms with Crippen LogP contribution in [0.4, 0.5) is 5.69 Å². The van der Waals surface area contributed by atoms with Crippen molar-refractivity contribution in [3.8, 4) is 5.75 Å². The Balaban J connectivity index is 1.81. The van der Waals surface area contributed by atoms with Crippen LogP contribution in [-0.2, 0) is 32.6 Å². The molecule has 1 atom stereocenters. The fourth-order valence-electron chi connectivity index (χ4n) is 5.01. The number of amides is 2. The van der Waals surface area contributed by atoms with E-state index in [-0.39, 0.29) is 29.8 Å². The minimum atomic E-state index is -4.25. The summed E-state index contributed by atoms with van der Waals surface area (Å²) in [5.41, 5.74) is 2.60. The number of hydrogen-bond acceptors (Lipinski definition) is 5. The predicted octanol–water partition coefficient (Wildman–Crippen LogP) is 7.06. The molecule has 0 aromatic heterocycles. The van der Waals surface area contributed by atoms with E-state index in [0.29, 0.717) is 33.7 Å². The number of nitrogens with one attached hydrogen (secondary N) is 1. The Bertz CT molecular complexity index is 1770. The summed E-state index contributed by atoms with van der Waals surface area (Å²) < 4.78 is 35.0. The van der Waals surface area contributed by atoms with Gasteiger partial charge < -0.3 is 15.0 Å². The molecule has 248 valence electrons. The molecule has 0 unspecified atom stereocenters. The average molecular weight is 697 g/mol. The van der Waals surface area contributed by atoms with Crippen LogP contribution in [0, 0.1) is 6.92 Å². The SMILES string of the molecule is CCOc1ccc(S(=O)(=O)N(CC(=O)N(Cc2ccc(Cl)cc2Cl)[C@@H](Cc2ccccc2)C(=O)NC(C)C)c2ccc(C)cc2)cc1. The molecule has 0 heterocycles. The number of sulfonamides is 1. The highest BCUT2D eigenvalue weighted by molar-refractivity contribution is 7.92. The van der Waals surface area contributed by atoms with Gasteiger partial charge in [0, 0.05) is 29.1 Å². The molecule has 0 bridgehead atoms. The molecule has 0 aliphatic heterocycles. The second-order valence-electron chi connectivity index (χ2n) is 11.4. The Kier molecular flexibility index (Phi) is 12.3. The van der Waals surface area contributed by atoms with Crippen molar-refractivity contribution >= 4 is 50.7 Å². The zero-order chi connectivity index (χ0) is 34.1. The zero-order valence-electron chi connectivity index (χ0n) is 26.8. The summed E-state index contributed by atoms with van der Waals surface area (Å²) in [4.78, 5) is 29.8. The van der Waals surface area contributed by atoms with Crippen molar-refractivity contribution in [1.82, 2.24) is 10.2 Å². The number of ether oxygens (including phenoxy) is 1. The molecule has 4 aromatic rings. The maximum Gasteiger partial charge on any atom is 0.264 e. The topological polar surface area (TPSA) is 96.0 Å². The molecular weight excluding hydrogens is 657 g/mol. The van der Waals surface area contributed by atoms with Crippen LogP contribution < -0.4 is 14.4 Å². The Morgan fingerprint density at radius 3 is 2.15 bits per heavy atom. The van der Waals surface area contributed by atoms with Gasteiger partial charge in [-0.2, -0.15) is 0 Å². The van der Waals surface area contributed by atoms with Crippen molar-refractivity contribution in [2.75, 3.05) is 17.5 Å². The van der Waals surface area contributed by atoms with E-state index in [1.165, 1.54) is 17.0 Å². The number of carbonyl (C=O) groups excluding carboxylic acids is 2. The fourth-order valence-corrected chi connectivity index (χ4v) is 6.89. The van der Waals surface area contributed by atoms with Crippen LogP contribution >= 0.6 is 23.2 Å². The Labute approximate surface area is 287 Å². The number of rotatable bonds is 14. The van der Waals surface area contributed by atoms with Crippen molar-refractivity contribution < 1.29 is 22.7 Å². The molecule has 2 amide bonds. The molecular formula is C36H39Cl2N3O5S. The maximum atomic E-state index is 14.6. The molecule has 8 nitrogen and oxygen atoms in total. The quantitative estimate of drug-likeness (QED) is 0.152. The lowest BCUT2D eigenvalue weighted by atomic mass is 10.0. The van der Waals surface area contributed by atoms with Gasteiger partial charge in [0.05, 0.1) is 17.2 Å². The third-order valence-electron chi connectivity index (χ3n) is 7.38. The summed E-state index contributed by atoms with van der Waals surface area (Å²) in [6.07, 6.45) is 0.187.